The van der Waals surface area contributed by atoms with Gasteiger partial charge >= 0.3 is 0 Å². The Bertz CT molecular complexity index is 384. The number of nitrogens with one attached hydrogen (secondary N) is 1. The molecule has 0 radical (unpaired) electrons. The summed E-state index contributed by atoms with van der Waals surface area (Å²) in [5.41, 5.74) is 0.189. The number of rotatable bonds is 2. The van der Waals surface area contributed by atoms with Crippen LogP contribution < -0.4 is 5.32 Å². The summed E-state index contributed by atoms with van der Waals surface area (Å²) in [7, 11) is 0. The Hall–Kier alpha value is -0.0500. The van der Waals surface area contributed by atoms with Gasteiger partial charge in [-0.15, -0.1) is 0 Å². The zero-order chi connectivity index (χ0) is 13.9. The van der Waals surface area contributed by atoms with E-state index in [-0.39, 0.29) is 11.4 Å². The van der Waals surface area contributed by atoms with E-state index in [0.717, 1.165) is 18.3 Å². The lowest BCUT2D eigenvalue weighted by atomic mass is 9.48. The van der Waals surface area contributed by atoms with E-state index in [1.54, 1.807) is 0 Å². The second-order valence-electron chi connectivity index (χ2n) is 8.59. The van der Waals surface area contributed by atoms with E-state index in [1.165, 1.54) is 38.5 Å². The molecule has 108 valence electrons. The largest absolute Gasteiger partial charge is 0.351 e. The predicted octanol–water partition coefficient (Wildman–Crippen LogP) is 4.03. The van der Waals surface area contributed by atoms with Crippen LogP contribution in [0.3, 0.4) is 0 Å². The highest BCUT2D eigenvalue weighted by molar-refractivity contribution is 9.10. The molecule has 1 N–H and O–H groups in total. The second kappa shape index (κ2) is 4.22. The maximum absolute atomic E-state index is 12.3. The van der Waals surface area contributed by atoms with Crippen molar-refractivity contribution in [3.63, 3.8) is 0 Å². The van der Waals surface area contributed by atoms with Crippen LogP contribution in [0.2, 0.25) is 0 Å². The summed E-state index contributed by atoms with van der Waals surface area (Å²) in [6.45, 7) is 6.20. The van der Waals surface area contributed by atoms with Gasteiger partial charge in [0.05, 0.1) is 0 Å². The summed E-state index contributed by atoms with van der Waals surface area (Å²) in [5, 5.41) is 3.15. The van der Waals surface area contributed by atoms with Crippen molar-refractivity contribution in [2.45, 2.75) is 75.6 Å². The van der Waals surface area contributed by atoms with Gasteiger partial charge < -0.3 is 5.32 Å². The standard InChI is InChI=1S/C16H26BrNO/c1-14(2,3)18-13(19)9-15-5-11-4-12(6-15)8-16(17,7-11)10-15/h11-12H,4-10H2,1-3H3,(H,18,19)/t11-,12-,15?,16?/m0/s1. The fourth-order valence-electron chi connectivity index (χ4n) is 5.35. The number of carbonyl (C=O) groups excluding carboxylic acids is 1. The van der Waals surface area contributed by atoms with Crippen LogP contribution in [-0.2, 0) is 4.79 Å². The van der Waals surface area contributed by atoms with E-state index in [1.807, 2.05) is 0 Å². The Kier molecular flexibility index (Phi) is 3.09. The van der Waals surface area contributed by atoms with Crippen LogP contribution >= 0.6 is 15.9 Å². The van der Waals surface area contributed by atoms with Gasteiger partial charge in [-0.2, -0.15) is 0 Å². The highest BCUT2D eigenvalue weighted by Crippen LogP contribution is 2.65. The third-order valence-corrected chi connectivity index (χ3v) is 6.09. The first-order chi connectivity index (χ1) is 8.67. The molecular formula is C16H26BrNO. The van der Waals surface area contributed by atoms with Crippen molar-refractivity contribution in [3.8, 4) is 0 Å². The number of halogens is 1. The summed E-state index contributed by atoms with van der Waals surface area (Å²) in [6.07, 6.45) is 8.62. The van der Waals surface area contributed by atoms with Gasteiger partial charge in [-0.3, -0.25) is 4.79 Å². The molecule has 4 aliphatic carbocycles. The van der Waals surface area contributed by atoms with Gasteiger partial charge in [0.2, 0.25) is 5.91 Å². The molecule has 4 fully saturated rings. The molecule has 0 aliphatic heterocycles. The highest BCUT2D eigenvalue weighted by Gasteiger charge is 2.57. The molecule has 4 saturated carbocycles. The summed E-state index contributed by atoms with van der Waals surface area (Å²) < 4.78 is 0.360. The van der Waals surface area contributed by atoms with Crippen LogP contribution in [0.15, 0.2) is 0 Å². The average molecular weight is 328 g/mol. The minimum Gasteiger partial charge on any atom is -0.351 e. The van der Waals surface area contributed by atoms with Crippen molar-refractivity contribution in [1.29, 1.82) is 0 Å². The third kappa shape index (κ3) is 2.86. The number of hydrogen-bond acceptors (Lipinski definition) is 1. The van der Waals surface area contributed by atoms with Crippen molar-refractivity contribution in [2.24, 2.45) is 17.3 Å². The molecule has 0 saturated heterocycles. The minimum absolute atomic E-state index is 0.106. The average Bonchev–Trinajstić information content (AvgIpc) is 2.06. The molecule has 1 amide bonds. The zero-order valence-electron chi connectivity index (χ0n) is 12.4. The molecule has 4 bridgehead atoms. The lowest BCUT2D eigenvalue weighted by molar-refractivity contribution is -0.129. The van der Waals surface area contributed by atoms with E-state index in [9.17, 15) is 4.79 Å². The van der Waals surface area contributed by atoms with Crippen molar-refractivity contribution in [3.05, 3.63) is 0 Å². The summed E-state index contributed by atoms with van der Waals surface area (Å²) in [6, 6.07) is 0. The molecule has 0 spiro atoms. The summed E-state index contributed by atoms with van der Waals surface area (Å²) in [4.78, 5) is 12.3. The Morgan fingerprint density at radius 1 is 1.21 bits per heavy atom. The normalized spacial score (nSPS) is 44.4. The van der Waals surface area contributed by atoms with Crippen molar-refractivity contribution < 1.29 is 4.79 Å². The van der Waals surface area contributed by atoms with Gasteiger partial charge in [0, 0.05) is 16.3 Å². The maximum atomic E-state index is 12.3. The molecule has 0 heterocycles. The molecule has 0 aromatic carbocycles. The van der Waals surface area contributed by atoms with Crippen LogP contribution in [-0.4, -0.2) is 15.8 Å². The fraction of sp³-hybridized carbons (Fsp3) is 0.938. The molecule has 0 aromatic rings. The topological polar surface area (TPSA) is 29.1 Å². The first-order valence-electron chi connectivity index (χ1n) is 7.67. The maximum Gasteiger partial charge on any atom is 0.220 e. The van der Waals surface area contributed by atoms with Gasteiger partial charge in [-0.05, 0) is 76.5 Å². The molecule has 4 rings (SSSR count). The first-order valence-corrected chi connectivity index (χ1v) is 8.46. The van der Waals surface area contributed by atoms with E-state index in [4.69, 9.17) is 0 Å². The van der Waals surface area contributed by atoms with Crippen LogP contribution in [0.5, 0.6) is 0 Å². The Morgan fingerprint density at radius 3 is 2.26 bits per heavy atom. The highest BCUT2D eigenvalue weighted by atomic mass is 79.9. The fourth-order valence-corrected chi connectivity index (χ4v) is 6.86. The monoisotopic (exact) mass is 327 g/mol. The van der Waals surface area contributed by atoms with Crippen LogP contribution in [0, 0.1) is 17.3 Å². The van der Waals surface area contributed by atoms with E-state index < -0.39 is 0 Å². The van der Waals surface area contributed by atoms with Crippen LogP contribution in [0.25, 0.3) is 0 Å². The Balaban J connectivity index is 1.72. The first kappa shape index (κ1) is 13.9. The zero-order valence-corrected chi connectivity index (χ0v) is 14.0. The lowest BCUT2D eigenvalue weighted by Gasteiger charge is -2.60. The Morgan fingerprint density at radius 2 is 1.79 bits per heavy atom. The van der Waals surface area contributed by atoms with E-state index >= 15 is 0 Å². The predicted molar refractivity (Wildman–Crippen MR) is 81.3 cm³/mol. The van der Waals surface area contributed by atoms with Gasteiger partial charge in [0.25, 0.3) is 0 Å². The molecule has 0 unspecified atom stereocenters. The van der Waals surface area contributed by atoms with Crippen molar-refractivity contribution in [2.75, 3.05) is 0 Å². The number of carbonyl (C=O) groups is 1. The minimum atomic E-state index is -0.106. The van der Waals surface area contributed by atoms with E-state index in [2.05, 4.69) is 42.0 Å². The molecule has 2 atom stereocenters. The Labute approximate surface area is 125 Å². The van der Waals surface area contributed by atoms with E-state index in [0.29, 0.717) is 9.74 Å². The molecular weight excluding hydrogens is 302 g/mol. The van der Waals surface area contributed by atoms with Crippen molar-refractivity contribution >= 4 is 21.8 Å². The smallest absolute Gasteiger partial charge is 0.220 e. The lowest BCUT2D eigenvalue weighted by Crippen LogP contribution is -2.54. The molecule has 2 nitrogen and oxygen atoms in total. The number of alkyl halides is 1. The van der Waals surface area contributed by atoms with Crippen molar-refractivity contribution in [1.82, 2.24) is 5.32 Å². The van der Waals surface area contributed by atoms with Gasteiger partial charge in [-0.1, -0.05) is 15.9 Å². The molecule has 0 aromatic heterocycles. The van der Waals surface area contributed by atoms with Crippen LogP contribution in [0.1, 0.15) is 65.7 Å². The van der Waals surface area contributed by atoms with Gasteiger partial charge in [0.1, 0.15) is 0 Å². The van der Waals surface area contributed by atoms with Crippen LogP contribution in [0.4, 0.5) is 0 Å². The van der Waals surface area contributed by atoms with Gasteiger partial charge in [0.15, 0.2) is 0 Å². The molecule has 19 heavy (non-hydrogen) atoms. The third-order valence-electron chi connectivity index (χ3n) is 5.16. The van der Waals surface area contributed by atoms with Gasteiger partial charge in [-0.25, -0.2) is 0 Å². The SMILES string of the molecule is CC(C)(C)NC(=O)CC12C[C@@H]3C[C@H](CC(Br)(C3)C1)C2. The second-order valence-corrected chi connectivity index (χ2v) is 10.3. The number of amides is 1. The molecule has 4 aliphatic rings. The molecule has 3 heteroatoms. The number of hydrogen-bond donors (Lipinski definition) is 1. The summed E-state index contributed by atoms with van der Waals surface area (Å²) in [5.74, 6) is 1.98. The summed E-state index contributed by atoms with van der Waals surface area (Å²) >= 11 is 4.01. The quantitative estimate of drug-likeness (QED) is 0.762.